The molecule has 1 N–H and O–H groups in total. The lowest BCUT2D eigenvalue weighted by molar-refractivity contribution is 0.0880. The molecule has 0 fully saturated rings. The minimum atomic E-state index is -2.42. The Morgan fingerprint density at radius 1 is 0.774 bits per heavy atom. The maximum Gasteiger partial charge on any atom is 0.216 e. The number of benzene rings is 3. The molecule has 0 amide bonds. The maximum absolute atomic E-state index is 9.74. The van der Waals surface area contributed by atoms with Gasteiger partial charge in [0.1, 0.15) is 0 Å². The molecule has 0 heterocycles. The minimum absolute atomic E-state index is 0.193. The fourth-order valence-electron chi connectivity index (χ4n) is 4.61. The number of aliphatic hydroxyl groups excluding tert-OH is 1. The van der Waals surface area contributed by atoms with E-state index in [-0.39, 0.29) is 11.8 Å². The maximum atomic E-state index is 9.74. The molecule has 0 aromatic heterocycles. The van der Waals surface area contributed by atoms with E-state index >= 15 is 0 Å². The summed E-state index contributed by atoms with van der Waals surface area (Å²) in [6.45, 7) is 6.75. The highest BCUT2D eigenvalue weighted by atomic mass is 28.4. The molecule has 0 spiro atoms. The molecular formula is C27H34O3Si. The molecule has 0 bridgehead atoms. The van der Waals surface area contributed by atoms with Gasteiger partial charge in [-0.05, 0) is 43.1 Å². The van der Waals surface area contributed by atoms with Crippen LogP contribution in [0.15, 0.2) is 91.0 Å². The zero-order chi connectivity index (χ0) is 22.3. The molecule has 0 unspecified atom stereocenters. The Morgan fingerprint density at radius 2 is 1.16 bits per heavy atom. The van der Waals surface area contributed by atoms with Crippen molar-refractivity contribution in [2.45, 2.75) is 43.7 Å². The summed E-state index contributed by atoms with van der Waals surface area (Å²) < 4.78 is 12.9. The molecule has 3 rings (SSSR count). The van der Waals surface area contributed by atoms with E-state index in [0.29, 0.717) is 13.0 Å². The minimum Gasteiger partial charge on any atom is -0.415 e. The van der Waals surface area contributed by atoms with Gasteiger partial charge in [0.05, 0.1) is 17.2 Å². The molecule has 3 aromatic rings. The number of methoxy groups -OCH3 is 1. The van der Waals surface area contributed by atoms with Crippen molar-refractivity contribution < 1.29 is 14.3 Å². The second-order valence-corrected chi connectivity index (χ2v) is 12.6. The molecule has 4 heteroatoms. The predicted octanol–water partition coefficient (Wildman–Crippen LogP) is 5.57. The van der Waals surface area contributed by atoms with Gasteiger partial charge in [0.25, 0.3) is 0 Å². The van der Waals surface area contributed by atoms with Crippen LogP contribution in [0.25, 0.3) is 0 Å². The van der Waals surface area contributed by atoms with Gasteiger partial charge < -0.3 is 14.3 Å². The molecule has 0 aliphatic carbocycles. The molecule has 0 aliphatic rings. The Hall–Kier alpha value is -2.24. The lowest BCUT2D eigenvalue weighted by atomic mass is 9.69. The van der Waals surface area contributed by atoms with E-state index in [1.807, 2.05) is 18.2 Å². The van der Waals surface area contributed by atoms with Gasteiger partial charge in [0, 0.05) is 13.7 Å². The molecule has 0 radical (unpaired) electrons. The summed E-state index contributed by atoms with van der Waals surface area (Å²) >= 11 is 0. The van der Waals surface area contributed by atoms with Crippen LogP contribution in [0.5, 0.6) is 0 Å². The first kappa shape index (κ1) is 23.4. The van der Waals surface area contributed by atoms with Crippen LogP contribution in [-0.4, -0.2) is 39.0 Å². The fourth-order valence-corrected chi connectivity index (χ4v) is 7.51. The number of ether oxygens (including phenoxy) is 1. The summed E-state index contributed by atoms with van der Waals surface area (Å²) in [5, 5.41) is 9.74. The topological polar surface area (TPSA) is 38.7 Å². The molecule has 3 aromatic carbocycles. The van der Waals surface area contributed by atoms with Crippen molar-refractivity contribution in [3.63, 3.8) is 0 Å². The van der Waals surface area contributed by atoms with Crippen molar-refractivity contribution in [3.8, 4) is 0 Å². The summed E-state index contributed by atoms with van der Waals surface area (Å²) in [5.74, 6) is 0. The Balaban J connectivity index is 2.26. The van der Waals surface area contributed by atoms with E-state index in [1.54, 1.807) is 14.0 Å². The highest BCUT2D eigenvalue weighted by molar-refractivity contribution is 6.73. The van der Waals surface area contributed by atoms with Crippen LogP contribution in [-0.2, 0) is 14.6 Å². The van der Waals surface area contributed by atoms with Crippen LogP contribution >= 0.6 is 0 Å². The van der Waals surface area contributed by atoms with E-state index in [4.69, 9.17) is 9.16 Å². The molecule has 31 heavy (non-hydrogen) atoms. The predicted molar refractivity (Wildman–Crippen MR) is 130 cm³/mol. The highest BCUT2D eigenvalue weighted by Crippen LogP contribution is 2.46. The lowest BCUT2D eigenvalue weighted by Gasteiger charge is -2.47. The van der Waals surface area contributed by atoms with E-state index in [0.717, 1.165) is 0 Å². The normalized spacial score (nSPS) is 14.2. The third-order valence-corrected chi connectivity index (χ3v) is 8.84. The van der Waals surface area contributed by atoms with Crippen LogP contribution in [0, 0.1) is 0 Å². The van der Waals surface area contributed by atoms with Crippen molar-refractivity contribution in [3.05, 3.63) is 108 Å². The Kier molecular flexibility index (Phi) is 7.84. The van der Waals surface area contributed by atoms with Crippen LogP contribution in [0.2, 0.25) is 13.1 Å². The Bertz CT molecular complexity index is 814. The Labute approximate surface area is 187 Å². The number of aliphatic hydroxyl groups is 1. The molecule has 2 atom stereocenters. The van der Waals surface area contributed by atoms with Gasteiger partial charge in [-0.15, -0.1) is 0 Å². The first-order valence-electron chi connectivity index (χ1n) is 10.9. The first-order valence-corrected chi connectivity index (χ1v) is 13.9. The van der Waals surface area contributed by atoms with Crippen molar-refractivity contribution in [2.75, 3.05) is 13.7 Å². The van der Waals surface area contributed by atoms with Gasteiger partial charge in [0.2, 0.25) is 8.32 Å². The standard InChI is InChI=1S/C27H34O3Si/c1-22(28)20-21-30-31(3,4)26(29-2)27(23-14-8-5-9-15-23,24-16-10-6-11-17-24)25-18-12-7-13-19-25/h5-19,22,26,28H,20-21H2,1-4H3/t22-,26+/m0/s1. The smallest absolute Gasteiger partial charge is 0.216 e. The van der Waals surface area contributed by atoms with E-state index in [2.05, 4.69) is 85.9 Å². The third-order valence-electron chi connectivity index (χ3n) is 5.96. The van der Waals surface area contributed by atoms with Crippen molar-refractivity contribution in [1.29, 1.82) is 0 Å². The molecule has 3 nitrogen and oxygen atoms in total. The molecule has 0 saturated carbocycles. The highest BCUT2D eigenvalue weighted by Gasteiger charge is 2.52. The van der Waals surface area contributed by atoms with Crippen molar-refractivity contribution in [1.82, 2.24) is 0 Å². The quantitative estimate of drug-likeness (QED) is 0.335. The van der Waals surface area contributed by atoms with E-state index < -0.39 is 13.7 Å². The average molecular weight is 435 g/mol. The van der Waals surface area contributed by atoms with E-state index in [9.17, 15) is 5.11 Å². The second-order valence-electron chi connectivity index (χ2n) is 8.61. The Morgan fingerprint density at radius 3 is 1.48 bits per heavy atom. The molecule has 0 saturated heterocycles. The van der Waals surface area contributed by atoms with Crippen molar-refractivity contribution >= 4 is 8.32 Å². The summed E-state index contributed by atoms with van der Waals surface area (Å²) in [4.78, 5) is 0. The van der Waals surface area contributed by atoms with Gasteiger partial charge in [0.15, 0.2) is 0 Å². The third kappa shape index (κ3) is 4.99. The van der Waals surface area contributed by atoms with E-state index in [1.165, 1.54) is 16.7 Å². The zero-order valence-corrected chi connectivity index (χ0v) is 20.0. The number of hydrogen-bond donors (Lipinski definition) is 1. The lowest BCUT2D eigenvalue weighted by Crippen LogP contribution is -2.59. The van der Waals surface area contributed by atoms with Gasteiger partial charge in [-0.2, -0.15) is 0 Å². The monoisotopic (exact) mass is 434 g/mol. The molecule has 164 valence electrons. The molecular weight excluding hydrogens is 400 g/mol. The summed E-state index contributed by atoms with van der Waals surface area (Å²) in [7, 11) is -0.624. The van der Waals surface area contributed by atoms with Gasteiger partial charge >= 0.3 is 0 Å². The summed E-state index contributed by atoms with van der Waals surface area (Å²) in [5.41, 5.74) is 2.82. The van der Waals surface area contributed by atoms with Gasteiger partial charge in [-0.3, -0.25) is 0 Å². The van der Waals surface area contributed by atoms with Crippen LogP contribution in [0.1, 0.15) is 30.0 Å². The number of rotatable bonds is 10. The van der Waals surface area contributed by atoms with Crippen molar-refractivity contribution in [2.24, 2.45) is 0 Å². The average Bonchev–Trinajstić information content (AvgIpc) is 2.78. The second kappa shape index (κ2) is 10.4. The fraction of sp³-hybridized carbons (Fsp3) is 0.333. The summed E-state index contributed by atoms with van der Waals surface area (Å²) in [6.07, 6.45) is 0.231. The largest absolute Gasteiger partial charge is 0.415 e. The van der Waals surface area contributed by atoms with Gasteiger partial charge in [-0.1, -0.05) is 91.0 Å². The van der Waals surface area contributed by atoms with Crippen LogP contribution in [0.3, 0.4) is 0 Å². The van der Waals surface area contributed by atoms with Gasteiger partial charge in [-0.25, -0.2) is 0 Å². The van der Waals surface area contributed by atoms with Crippen LogP contribution < -0.4 is 0 Å². The summed E-state index contributed by atoms with van der Waals surface area (Å²) in [6, 6.07) is 31.8. The zero-order valence-electron chi connectivity index (χ0n) is 19.0. The number of hydrogen-bond acceptors (Lipinski definition) is 3. The first-order chi connectivity index (χ1) is 14.9. The molecule has 0 aliphatic heterocycles. The van der Waals surface area contributed by atoms with Crippen LogP contribution in [0.4, 0.5) is 0 Å². The SMILES string of the molecule is CO[C@@H](C(c1ccccc1)(c1ccccc1)c1ccccc1)[Si](C)(C)OCC[C@H](C)O.